The van der Waals surface area contributed by atoms with Gasteiger partial charge in [-0.2, -0.15) is 0 Å². The van der Waals surface area contributed by atoms with Crippen molar-refractivity contribution in [1.82, 2.24) is 15.6 Å². The van der Waals surface area contributed by atoms with Crippen molar-refractivity contribution in [3.63, 3.8) is 0 Å². The molecule has 1 aliphatic rings. The van der Waals surface area contributed by atoms with E-state index in [0.29, 0.717) is 11.7 Å². The molecule has 0 aromatic carbocycles. The molecule has 0 radical (unpaired) electrons. The second kappa shape index (κ2) is 3.86. The van der Waals surface area contributed by atoms with E-state index in [2.05, 4.69) is 20.6 Å². The molecule has 1 amide bonds. The van der Waals surface area contributed by atoms with E-state index in [1.54, 1.807) is 5.51 Å². The van der Waals surface area contributed by atoms with Gasteiger partial charge in [-0.1, -0.05) is 0 Å². The van der Waals surface area contributed by atoms with Crippen molar-refractivity contribution in [2.45, 2.75) is 32.4 Å². The molecule has 2 N–H and O–H groups in total. The van der Waals surface area contributed by atoms with E-state index >= 15 is 0 Å². The fraction of sp³-hybridized carbons (Fsp3) is 0.500. The second-order valence-corrected chi connectivity index (χ2v) is 5.38. The molecule has 0 saturated heterocycles. The van der Waals surface area contributed by atoms with Crippen LogP contribution in [-0.4, -0.2) is 22.4 Å². The largest absolute Gasteiger partial charge is 0.351 e. The fourth-order valence-corrected chi connectivity index (χ4v) is 1.95. The third-order valence-electron chi connectivity index (χ3n) is 1.97. The maximum atomic E-state index is 11.7. The normalized spacial score (nSPS) is 20.6. The molecular weight excluding hydrogens is 224 g/mol. The number of aliphatic imine (C=N–C) groups is 1. The molecular formula is C10H14N4OS. The van der Waals surface area contributed by atoms with Gasteiger partial charge in [0, 0.05) is 10.9 Å². The van der Waals surface area contributed by atoms with Gasteiger partial charge in [-0.3, -0.25) is 10.1 Å². The van der Waals surface area contributed by atoms with Crippen LogP contribution in [0.4, 0.5) is 0 Å². The quantitative estimate of drug-likeness (QED) is 0.768. The number of hydrogen-bond acceptors (Lipinski definition) is 5. The van der Waals surface area contributed by atoms with E-state index in [0.717, 1.165) is 0 Å². The average Bonchev–Trinajstić information content (AvgIpc) is 2.71. The van der Waals surface area contributed by atoms with Crippen molar-refractivity contribution < 1.29 is 4.79 Å². The summed E-state index contributed by atoms with van der Waals surface area (Å²) in [5, 5.41) is 7.69. The Labute approximate surface area is 98.0 Å². The maximum absolute atomic E-state index is 11.7. The number of aromatic nitrogens is 1. The van der Waals surface area contributed by atoms with E-state index in [1.165, 1.54) is 11.3 Å². The van der Waals surface area contributed by atoms with Gasteiger partial charge >= 0.3 is 0 Å². The first-order chi connectivity index (χ1) is 7.46. The topological polar surface area (TPSA) is 66.4 Å². The van der Waals surface area contributed by atoms with E-state index < -0.39 is 6.04 Å². The lowest BCUT2D eigenvalue weighted by molar-refractivity contribution is -0.120. The molecule has 1 aromatic heterocycles. The molecule has 0 aliphatic carbocycles. The number of carbonyl (C=O) groups excluding carboxylic acids is 1. The molecule has 6 heteroatoms. The van der Waals surface area contributed by atoms with Crippen LogP contribution in [0.1, 0.15) is 32.5 Å². The summed E-state index contributed by atoms with van der Waals surface area (Å²) in [7, 11) is 0. The Bertz CT molecular complexity index is 419. The first-order valence-corrected chi connectivity index (χ1v) is 5.95. The first kappa shape index (κ1) is 11.1. The Kier molecular flexibility index (Phi) is 2.67. The number of carbonyl (C=O) groups is 1. The minimum Gasteiger partial charge on any atom is -0.351 e. The van der Waals surface area contributed by atoms with Gasteiger partial charge in [0.2, 0.25) is 0 Å². The highest BCUT2D eigenvalue weighted by atomic mass is 32.1. The van der Waals surface area contributed by atoms with E-state index in [1.807, 2.05) is 26.2 Å². The van der Waals surface area contributed by atoms with Crippen LogP contribution in [0.3, 0.4) is 0 Å². The number of hydrogen-bond donors (Lipinski definition) is 2. The Balaban J connectivity index is 2.15. The zero-order chi connectivity index (χ0) is 11.8. The molecule has 0 bridgehead atoms. The van der Waals surface area contributed by atoms with Gasteiger partial charge < -0.3 is 5.32 Å². The third kappa shape index (κ3) is 2.38. The molecule has 1 unspecified atom stereocenters. The Hall–Kier alpha value is -1.43. The molecule has 16 heavy (non-hydrogen) atoms. The predicted octanol–water partition coefficient (Wildman–Crippen LogP) is 1.06. The highest BCUT2D eigenvalue weighted by molar-refractivity contribution is 7.07. The summed E-state index contributed by atoms with van der Waals surface area (Å²) in [5.74, 6) is 0.396. The summed E-state index contributed by atoms with van der Waals surface area (Å²) in [5.41, 5.74) is 2.28. The molecule has 0 fully saturated rings. The zero-order valence-corrected chi connectivity index (χ0v) is 10.3. The highest BCUT2D eigenvalue weighted by Gasteiger charge is 2.30. The van der Waals surface area contributed by atoms with Crippen LogP contribution < -0.4 is 10.6 Å². The van der Waals surface area contributed by atoms with Gasteiger partial charge in [-0.25, -0.2) is 9.98 Å². The number of nitrogens with zero attached hydrogens (tertiary/aromatic N) is 2. The number of rotatable bonds is 1. The molecule has 1 atom stereocenters. The zero-order valence-electron chi connectivity index (χ0n) is 9.44. The van der Waals surface area contributed by atoms with Crippen LogP contribution in [0.15, 0.2) is 15.9 Å². The molecule has 2 heterocycles. The van der Waals surface area contributed by atoms with Crippen LogP contribution in [0.5, 0.6) is 0 Å². The van der Waals surface area contributed by atoms with E-state index in [4.69, 9.17) is 0 Å². The standard InChI is InChI=1S/C10H14N4OS/c1-10(2,3)14-9-12-7(8(15)13-9)6-4-16-5-11-6/h4-5,7H,1-3H3,(H2,12,13,14,15). The SMILES string of the molecule is CC(C)(C)NC1=NC(c2cscn2)C(=O)N1. The Morgan fingerprint density at radius 3 is 2.81 bits per heavy atom. The van der Waals surface area contributed by atoms with E-state index in [-0.39, 0.29) is 11.4 Å². The van der Waals surface area contributed by atoms with Crippen molar-refractivity contribution in [3.05, 3.63) is 16.6 Å². The monoisotopic (exact) mass is 238 g/mol. The van der Waals surface area contributed by atoms with Crippen LogP contribution >= 0.6 is 11.3 Å². The maximum Gasteiger partial charge on any atom is 0.257 e. The van der Waals surface area contributed by atoms with Crippen molar-refractivity contribution >= 4 is 23.2 Å². The Morgan fingerprint density at radius 2 is 2.25 bits per heavy atom. The van der Waals surface area contributed by atoms with Crippen LogP contribution in [0, 0.1) is 0 Å². The lowest BCUT2D eigenvalue weighted by atomic mass is 10.1. The van der Waals surface area contributed by atoms with E-state index in [9.17, 15) is 4.79 Å². The third-order valence-corrected chi connectivity index (χ3v) is 2.58. The van der Waals surface area contributed by atoms with Crippen LogP contribution in [0.25, 0.3) is 0 Å². The molecule has 5 nitrogen and oxygen atoms in total. The second-order valence-electron chi connectivity index (χ2n) is 4.66. The summed E-state index contributed by atoms with van der Waals surface area (Å²) in [6.07, 6.45) is 0. The van der Waals surface area contributed by atoms with Crippen molar-refractivity contribution in [2.24, 2.45) is 4.99 Å². The number of guanidine groups is 1. The van der Waals surface area contributed by atoms with Gasteiger partial charge in [0.1, 0.15) is 0 Å². The number of thiazole rings is 1. The van der Waals surface area contributed by atoms with Crippen LogP contribution in [0.2, 0.25) is 0 Å². The van der Waals surface area contributed by atoms with Crippen molar-refractivity contribution in [1.29, 1.82) is 0 Å². The summed E-state index contributed by atoms with van der Waals surface area (Å²) >= 11 is 1.46. The number of amides is 1. The molecule has 0 saturated carbocycles. The van der Waals surface area contributed by atoms with Crippen molar-refractivity contribution in [3.8, 4) is 0 Å². The van der Waals surface area contributed by atoms with Gasteiger partial charge in [-0.15, -0.1) is 11.3 Å². The van der Waals surface area contributed by atoms with Gasteiger partial charge in [0.05, 0.1) is 11.2 Å². The molecule has 86 valence electrons. The minimum absolute atomic E-state index is 0.122. The average molecular weight is 238 g/mol. The molecule has 2 rings (SSSR count). The van der Waals surface area contributed by atoms with Gasteiger partial charge in [-0.05, 0) is 20.8 Å². The summed E-state index contributed by atoms with van der Waals surface area (Å²) < 4.78 is 0. The smallest absolute Gasteiger partial charge is 0.257 e. The lowest BCUT2D eigenvalue weighted by Gasteiger charge is -2.21. The highest BCUT2D eigenvalue weighted by Crippen LogP contribution is 2.20. The fourth-order valence-electron chi connectivity index (χ4n) is 1.38. The minimum atomic E-state index is -0.504. The van der Waals surface area contributed by atoms with Gasteiger partial charge in [0.15, 0.2) is 12.0 Å². The molecule has 1 aromatic rings. The molecule has 1 aliphatic heterocycles. The summed E-state index contributed by atoms with van der Waals surface area (Å²) in [4.78, 5) is 20.1. The Morgan fingerprint density at radius 1 is 1.50 bits per heavy atom. The molecule has 0 spiro atoms. The summed E-state index contributed by atoms with van der Waals surface area (Å²) in [6.45, 7) is 6.04. The van der Waals surface area contributed by atoms with Gasteiger partial charge in [0.25, 0.3) is 5.91 Å². The predicted molar refractivity (Wildman–Crippen MR) is 63.3 cm³/mol. The van der Waals surface area contributed by atoms with Crippen molar-refractivity contribution in [2.75, 3.05) is 0 Å². The number of nitrogens with one attached hydrogen (secondary N) is 2. The first-order valence-electron chi connectivity index (χ1n) is 5.01. The van der Waals surface area contributed by atoms with Crippen LogP contribution in [-0.2, 0) is 4.79 Å². The lowest BCUT2D eigenvalue weighted by Crippen LogP contribution is -2.46. The summed E-state index contributed by atoms with van der Waals surface area (Å²) in [6, 6.07) is -0.504.